The molecule has 0 N–H and O–H groups in total. The molecule has 5 nitrogen and oxygen atoms in total. The van der Waals surface area contributed by atoms with Gasteiger partial charge in [0.25, 0.3) is 0 Å². The van der Waals surface area contributed by atoms with E-state index in [1.165, 1.54) is 11.4 Å². The van der Waals surface area contributed by atoms with Crippen molar-refractivity contribution < 1.29 is 17.9 Å². The number of rotatable bonds is 6. The second-order valence-corrected chi connectivity index (χ2v) is 8.38. The Bertz CT molecular complexity index is 607. The summed E-state index contributed by atoms with van der Waals surface area (Å²) in [7, 11) is -0.257. The summed E-state index contributed by atoms with van der Waals surface area (Å²) in [6.07, 6.45) is 2.96. The number of ether oxygens (including phenoxy) is 1. The lowest BCUT2D eigenvalue weighted by Crippen LogP contribution is -2.33. The summed E-state index contributed by atoms with van der Waals surface area (Å²) in [5.74, 6) is 0.0390. The SMILES string of the molecule is COC(=O)[C@H]1CC[C@H](CS(=O)(=O)N(C)Cc2ccccc2)CC1. The summed E-state index contributed by atoms with van der Waals surface area (Å²) in [6, 6.07) is 9.58. The molecule has 0 aromatic heterocycles. The Hall–Kier alpha value is -1.40. The van der Waals surface area contributed by atoms with Crippen LogP contribution in [0.4, 0.5) is 0 Å². The van der Waals surface area contributed by atoms with Gasteiger partial charge in [-0.05, 0) is 37.2 Å². The van der Waals surface area contributed by atoms with Crippen LogP contribution in [0, 0.1) is 11.8 Å². The van der Waals surface area contributed by atoms with Crippen molar-refractivity contribution in [2.45, 2.75) is 32.2 Å². The third kappa shape index (κ3) is 5.04. The van der Waals surface area contributed by atoms with Crippen LogP contribution in [0.2, 0.25) is 0 Å². The van der Waals surface area contributed by atoms with E-state index in [-0.39, 0.29) is 23.6 Å². The predicted molar refractivity (Wildman–Crippen MR) is 89.2 cm³/mol. The Morgan fingerprint density at radius 3 is 2.35 bits per heavy atom. The summed E-state index contributed by atoms with van der Waals surface area (Å²) in [6.45, 7) is 0.390. The van der Waals surface area contributed by atoms with Gasteiger partial charge < -0.3 is 4.74 Å². The van der Waals surface area contributed by atoms with Crippen LogP contribution in [0.5, 0.6) is 0 Å². The monoisotopic (exact) mass is 339 g/mol. The topological polar surface area (TPSA) is 63.7 Å². The highest BCUT2D eigenvalue weighted by atomic mass is 32.2. The summed E-state index contributed by atoms with van der Waals surface area (Å²) >= 11 is 0. The molecule has 0 atom stereocenters. The van der Waals surface area contributed by atoms with Crippen LogP contribution in [0.1, 0.15) is 31.2 Å². The van der Waals surface area contributed by atoms with Crippen molar-refractivity contribution in [1.82, 2.24) is 4.31 Å². The fraction of sp³-hybridized carbons (Fsp3) is 0.588. The quantitative estimate of drug-likeness (QED) is 0.747. The smallest absolute Gasteiger partial charge is 0.308 e. The highest BCUT2D eigenvalue weighted by Crippen LogP contribution is 2.31. The first kappa shape index (κ1) is 17.9. The molecule has 1 aliphatic rings. The predicted octanol–water partition coefficient (Wildman–Crippen LogP) is 2.43. The second kappa shape index (κ2) is 7.93. The number of benzene rings is 1. The minimum Gasteiger partial charge on any atom is -0.469 e. The zero-order valence-corrected chi connectivity index (χ0v) is 14.6. The second-order valence-electron chi connectivity index (χ2n) is 6.26. The first-order valence-electron chi connectivity index (χ1n) is 7.98. The molecule has 1 aliphatic carbocycles. The van der Waals surface area contributed by atoms with Crippen LogP contribution in [0.3, 0.4) is 0 Å². The molecule has 0 radical (unpaired) electrons. The lowest BCUT2D eigenvalue weighted by molar-refractivity contribution is -0.146. The van der Waals surface area contributed by atoms with E-state index in [0.29, 0.717) is 6.54 Å². The molecule has 0 saturated heterocycles. The fourth-order valence-electron chi connectivity index (χ4n) is 3.10. The van der Waals surface area contributed by atoms with Gasteiger partial charge >= 0.3 is 5.97 Å². The summed E-state index contributed by atoms with van der Waals surface area (Å²) in [5.41, 5.74) is 0.980. The van der Waals surface area contributed by atoms with Crippen LogP contribution >= 0.6 is 0 Å². The van der Waals surface area contributed by atoms with Crippen molar-refractivity contribution in [1.29, 1.82) is 0 Å². The molecule has 1 aromatic rings. The van der Waals surface area contributed by atoms with Gasteiger partial charge in [0.1, 0.15) is 0 Å². The number of sulfonamides is 1. The number of carbonyl (C=O) groups excluding carboxylic acids is 1. The molecule has 1 fully saturated rings. The Balaban J connectivity index is 1.88. The highest BCUT2D eigenvalue weighted by molar-refractivity contribution is 7.89. The number of methoxy groups -OCH3 is 1. The van der Waals surface area contributed by atoms with E-state index in [1.54, 1.807) is 7.05 Å². The first-order valence-corrected chi connectivity index (χ1v) is 9.59. The molecule has 0 unspecified atom stereocenters. The Labute approximate surface area is 138 Å². The van der Waals surface area contributed by atoms with Crippen molar-refractivity contribution in [3.63, 3.8) is 0 Å². The van der Waals surface area contributed by atoms with Crippen molar-refractivity contribution in [3.8, 4) is 0 Å². The van der Waals surface area contributed by atoms with E-state index >= 15 is 0 Å². The molecule has 0 heterocycles. The molecular weight excluding hydrogens is 314 g/mol. The molecular formula is C17H25NO4S. The van der Waals surface area contributed by atoms with E-state index in [4.69, 9.17) is 4.74 Å². The molecule has 0 spiro atoms. The van der Waals surface area contributed by atoms with E-state index in [1.807, 2.05) is 30.3 Å². The van der Waals surface area contributed by atoms with Gasteiger partial charge in [0.15, 0.2) is 0 Å². The van der Waals surface area contributed by atoms with Crippen molar-refractivity contribution >= 4 is 16.0 Å². The number of hydrogen-bond donors (Lipinski definition) is 0. The standard InChI is InChI=1S/C17H25NO4S/c1-18(12-14-6-4-3-5-7-14)23(20,21)13-15-8-10-16(11-9-15)17(19)22-2/h3-7,15-16H,8-13H2,1-2H3/t15-,16-. The first-order chi connectivity index (χ1) is 10.9. The minimum absolute atomic E-state index is 0.0685. The molecule has 6 heteroatoms. The van der Waals surface area contributed by atoms with Gasteiger partial charge in [0, 0.05) is 13.6 Å². The molecule has 1 aromatic carbocycles. The number of carbonyl (C=O) groups is 1. The van der Waals surface area contributed by atoms with E-state index in [9.17, 15) is 13.2 Å². The van der Waals surface area contributed by atoms with Crippen LogP contribution < -0.4 is 0 Å². The van der Waals surface area contributed by atoms with E-state index in [2.05, 4.69) is 0 Å². The van der Waals surface area contributed by atoms with Gasteiger partial charge in [-0.1, -0.05) is 30.3 Å². The fourth-order valence-corrected chi connectivity index (χ4v) is 4.62. The van der Waals surface area contributed by atoms with Gasteiger partial charge in [0.05, 0.1) is 18.8 Å². The van der Waals surface area contributed by atoms with Crippen molar-refractivity contribution in [2.75, 3.05) is 19.9 Å². The average molecular weight is 339 g/mol. The summed E-state index contributed by atoms with van der Waals surface area (Å²) in [5, 5.41) is 0. The maximum absolute atomic E-state index is 12.5. The largest absolute Gasteiger partial charge is 0.469 e. The average Bonchev–Trinajstić information content (AvgIpc) is 2.55. The molecule has 0 bridgehead atoms. The highest BCUT2D eigenvalue weighted by Gasteiger charge is 2.30. The molecule has 23 heavy (non-hydrogen) atoms. The van der Waals surface area contributed by atoms with Gasteiger partial charge in [-0.2, -0.15) is 0 Å². The summed E-state index contributed by atoms with van der Waals surface area (Å²) in [4.78, 5) is 11.5. The summed E-state index contributed by atoms with van der Waals surface area (Å²) < 4.78 is 31.2. The molecule has 0 aliphatic heterocycles. The Kier molecular flexibility index (Phi) is 6.18. The van der Waals surface area contributed by atoms with Gasteiger partial charge in [-0.3, -0.25) is 4.79 Å². The Morgan fingerprint density at radius 1 is 1.17 bits per heavy atom. The lowest BCUT2D eigenvalue weighted by atomic mass is 9.83. The third-order valence-electron chi connectivity index (χ3n) is 4.55. The zero-order valence-electron chi connectivity index (χ0n) is 13.8. The number of esters is 1. The molecule has 128 valence electrons. The third-order valence-corrected chi connectivity index (χ3v) is 6.52. The number of nitrogens with zero attached hydrogens (tertiary/aromatic N) is 1. The van der Waals surface area contributed by atoms with Crippen LogP contribution in [-0.4, -0.2) is 38.6 Å². The zero-order chi connectivity index (χ0) is 16.9. The molecule has 1 saturated carbocycles. The molecule has 2 rings (SSSR count). The molecule has 0 amide bonds. The van der Waals surface area contributed by atoms with Crippen LogP contribution in [0.15, 0.2) is 30.3 Å². The van der Waals surface area contributed by atoms with Gasteiger partial charge in [0.2, 0.25) is 10.0 Å². The van der Waals surface area contributed by atoms with Crippen LogP contribution in [0.25, 0.3) is 0 Å². The van der Waals surface area contributed by atoms with E-state index in [0.717, 1.165) is 31.2 Å². The normalized spacial score (nSPS) is 22.0. The lowest BCUT2D eigenvalue weighted by Gasteiger charge is -2.28. The number of hydrogen-bond acceptors (Lipinski definition) is 4. The minimum atomic E-state index is -3.28. The van der Waals surface area contributed by atoms with Crippen molar-refractivity contribution in [3.05, 3.63) is 35.9 Å². The van der Waals surface area contributed by atoms with E-state index < -0.39 is 10.0 Å². The van der Waals surface area contributed by atoms with Gasteiger partial charge in [-0.25, -0.2) is 12.7 Å². The van der Waals surface area contributed by atoms with Crippen LogP contribution in [-0.2, 0) is 26.1 Å². The maximum atomic E-state index is 12.5. The maximum Gasteiger partial charge on any atom is 0.308 e. The van der Waals surface area contributed by atoms with Crippen molar-refractivity contribution in [2.24, 2.45) is 11.8 Å². The Morgan fingerprint density at radius 2 is 1.78 bits per heavy atom. The van der Waals surface area contributed by atoms with Gasteiger partial charge in [-0.15, -0.1) is 0 Å².